The number of fused-ring (bicyclic) bond motifs is 2. The van der Waals surface area contributed by atoms with E-state index < -0.39 is 5.41 Å². The van der Waals surface area contributed by atoms with Crippen molar-refractivity contribution in [2.45, 2.75) is 45.4 Å². The number of anilines is 2. The van der Waals surface area contributed by atoms with E-state index in [2.05, 4.69) is 28.0 Å². The van der Waals surface area contributed by atoms with Gasteiger partial charge in [0.25, 0.3) is 5.91 Å². The molecular weight excluding hydrogens is 489 g/mol. The van der Waals surface area contributed by atoms with E-state index in [1.165, 1.54) is 5.06 Å². The lowest BCUT2D eigenvalue weighted by Crippen LogP contribution is -2.47. The van der Waals surface area contributed by atoms with Crippen molar-refractivity contribution in [1.29, 1.82) is 0 Å². The highest BCUT2D eigenvalue weighted by Crippen LogP contribution is 2.42. The van der Waals surface area contributed by atoms with Crippen LogP contribution in [0.4, 0.5) is 15.8 Å². The maximum absolute atomic E-state index is 14.2. The summed E-state index contributed by atoms with van der Waals surface area (Å²) in [6, 6.07) is 11.5. The molecule has 2 aliphatic heterocycles. The summed E-state index contributed by atoms with van der Waals surface area (Å²) < 4.78 is 15.1. The summed E-state index contributed by atoms with van der Waals surface area (Å²) >= 11 is 1.57. The van der Waals surface area contributed by atoms with Gasteiger partial charge in [0.1, 0.15) is 5.82 Å². The van der Waals surface area contributed by atoms with E-state index in [0.717, 1.165) is 85.3 Å². The maximum atomic E-state index is 14.2. The number of carbonyl (C=O) groups is 2. The van der Waals surface area contributed by atoms with Gasteiger partial charge in [0.05, 0.1) is 11.1 Å². The van der Waals surface area contributed by atoms with E-state index in [1.807, 2.05) is 18.4 Å². The van der Waals surface area contributed by atoms with Crippen molar-refractivity contribution in [3.05, 3.63) is 58.7 Å². The molecule has 0 radical (unpaired) electrons. The number of halogens is 1. The maximum Gasteiger partial charge on any atom is 0.338 e. The Morgan fingerprint density at radius 1 is 1.05 bits per heavy atom. The van der Waals surface area contributed by atoms with Gasteiger partial charge < -0.3 is 9.74 Å². The molecule has 0 bridgehead atoms. The number of benzene rings is 2. The van der Waals surface area contributed by atoms with E-state index in [0.29, 0.717) is 18.5 Å². The molecule has 3 aromatic rings. The van der Waals surface area contributed by atoms with E-state index in [4.69, 9.17) is 4.84 Å². The molecule has 6 nitrogen and oxygen atoms in total. The Labute approximate surface area is 220 Å². The molecule has 0 atom stereocenters. The van der Waals surface area contributed by atoms with E-state index in [9.17, 15) is 14.0 Å². The molecule has 0 spiro atoms. The first-order valence-corrected chi connectivity index (χ1v) is 14.1. The minimum absolute atomic E-state index is 0.158. The number of thiophene rings is 1. The second-order valence-electron chi connectivity index (χ2n) is 10.8. The quantitative estimate of drug-likeness (QED) is 0.439. The standard InChI is InChI=1S/C29H32FN3O3S/c1-29(9-2-10-29)28(35)36-33-24-17-20(3-4-21(24)5-6-27(33)34)7-11-31-12-14-32(15-13-31)25-18-22(30)19-26-23(25)8-16-37-26/h3-4,8,16-19H,2,5-7,9-15H2,1H3. The predicted octanol–water partition coefficient (Wildman–Crippen LogP) is 5.33. The normalized spacial score (nSPS) is 19.6. The number of carbonyl (C=O) groups excluding carboxylic acids is 2. The van der Waals surface area contributed by atoms with Crippen LogP contribution >= 0.6 is 11.3 Å². The highest BCUT2D eigenvalue weighted by molar-refractivity contribution is 7.17. The number of nitrogens with zero attached hydrogens (tertiary/aromatic N) is 3. The first-order valence-electron chi connectivity index (χ1n) is 13.2. The van der Waals surface area contributed by atoms with E-state index in [1.54, 1.807) is 23.5 Å². The zero-order chi connectivity index (χ0) is 25.6. The molecule has 37 heavy (non-hydrogen) atoms. The van der Waals surface area contributed by atoms with Crippen LogP contribution < -0.4 is 9.96 Å². The van der Waals surface area contributed by atoms with Gasteiger partial charge in [0.2, 0.25) is 0 Å². The van der Waals surface area contributed by atoms with Crippen LogP contribution in [0.1, 0.15) is 43.7 Å². The van der Waals surface area contributed by atoms with Gasteiger partial charge in [-0.25, -0.2) is 9.18 Å². The van der Waals surface area contributed by atoms with Crippen molar-refractivity contribution in [2.75, 3.05) is 42.7 Å². The number of amides is 1. The molecule has 2 aromatic carbocycles. The molecule has 0 unspecified atom stereocenters. The fraction of sp³-hybridized carbons (Fsp3) is 0.448. The molecular formula is C29H32FN3O3S. The van der Waals surface area contributed by atoms with Gasteiger partial charge in [0.15, 0.2) is 0 Å². The van der Waals surface area contributed by atoms with Gasteiger partial charge in [-0.3, -0.25) is 9.69 Å². The number of hydrogen-bond donors (Lipinski definition) is 0. The van der Waals surface area contributed by atoms with Crippen LogP contribution in [-0.2, 0) is 27.3 Å². The molecule has 1 saturated heterocycles. The second kappa shape index (κ2) is 9.72. The van der Waals surface area contributed by atoms with Crippen molar-refractivity contribution in [3.63, 3.8) is 0 Å². The zero-order valence-corrected chi connectivity index (χ0v) is 22.0. The molecule has 1 aliphatic carbocycles. The Morgan fingerprint density at radius 2 is 1.86 bits per heavy atom. The molecule has 194 valence electrons. The first kappa shape index (κ1) is 24.4. The Morgan fingerprint density at radius 3 is 2.62 bits per heavy atom. The van der Waals surface area contributed by atoms with Gasteiger partial charge in [-0.15, -0.1) is 16.4 Å². The topological polar surface area (TPSA) is 53.1 Å². The first-order chi connectivity index (χ1) is 17.9. The summed E-state index contributed by atoms with van der Waals surface area (Å²) in [7, 11) is 0. The lowest BCUT2D eigenvalue weighted by Gasteiger charge is -2.38. The van der Waals surface area contributed by atoms with Crippen LogP contribution in [0.3, 0.4) is 0 Å². The highest BCUT2D eigenvalue weighted by Gasteiger charge is 2.43. The molecule has 3 heterocycles. The molecule has 2 fully saturated rings. The van der Waals surface area contributed by atoms with Crippen molar-refractivity contribution in [2.24, 2.45) is 5.41 Å². The lowest BCUT2D eigenvalue weighted by atomic mass is 9.71. The van der Waals surface area contributed by atoms with Crippen LogP contribution in [-0.4, -0.2) is 49.5 Å². The Hall–Kier alpha value is -2.97. The van der Waals surface area contributed by atoms with Gasteiger partial charge in [-0.1, -0.05) is 18.6 Å². The number of piperazine rings is 1. The third kappa shape index (κ3) is 4.73. The summed E-state index contributed by atoms with van der Waals surface area (Å²) in [4.78, 5) is 35.8. The number of hydrogen-bond acceptors (Lipinski definition) is 6. The predicted molar refractivity (Wildman–Crippen MR) is 144 cm³/mol. The van der Waals surface area contributed by atoms with E-state index in [-0.39, 0.29) is 17.7 Å². The second-order valence-corrected chi connectivity index (χ2v) is 11.7. The summed E-state index contributed by atoms with van der Waals surface area (Å²) in [6.45, 7) is 6.35. The smallest absolute Gasteiger partial charge is 0.338 e. The highest BCUT2D eigenvalue weighted by atomic mass is 32.1. The van der Waals surface area contributed by atoms with Gasteiger partial charge in [0, 0.05) is 54.9 Å². The number of hydroxylamine groups is 1. The largest absolute Gasteiger partial charge is 0.368 e. The molecule has 8 heteroatoms. The minimum atomic E-state index is -0.474. The Bertz CT molecular complexity index is 1340. The van der Waals surface area contributed by atoms with Crippen LogP contribution in [0.2, 0.25) is 0 Å². The third-order valence-corrected chi connectivity index (χ3v) is 9.14. The molecule has 1 saturated carbocycles. The van der Waals surface area contributed by atoms with Gasteiger partial charge >= 0.3 is 5.97 Å². The fourth-order valence-electron chi connectivity index (χ4n) is 5.63. The van der Waals surface area contributed by atoms with Crippen molar-refractivity contribution >= 4 is 44.7 Å². The summed E-state index contributed by atoms with van der Waals surface area (Å²) in [5.74, 6) is -0.643. The minimum Gasteiger partial charge on any atom is -0.368 e. The fourth-order valence-corrected chi connectivity index (χ4v) is 6.46. The van der Waals surface area contributed by atoms with Crippen LogP contribution in [0, 0.1) is 11.2 Å². The molecule has 0 N–H and O–H groups in total. The van der Waals surface area contributed by atoms with Crippen molar-refractivity contribution in [1.82, 2.24) is 4.90 Å². The number of rotatable bonds is 6. The zero-order valence-electron chi connectivity index (χ0n) is 21.2. The summed E-state index contributed by atoms with van der Waals surface area (Å²) in [6.07, 6.45) is 4.50. The third-order valence-electron chi connectivity index (χ3n) is 8.27. The molecule has 3 aliphatic rings. The average molecular weight is 522 g/mol. The molecule has 6 rings (SSSR count). The summed E-state index contributed by atoms with van der Waals surface area (Å²) in [5, 5.41) is 4.39. The molecule has 1 amide bonds. The van der Waals surface area contributed by atoms with Crippen LogP contribution in [0.5, 0.6) is 0 Å². The number of aryl methyl sites for hydroxylation is 1. The Balaban J connectivity index is 1.09. The SMILES string of the molecule is CC1(C(=O)ON2C(=O)CCc3ccc(CCN4CCN(c5cc(F)cc6sccc56)CC4)cc32)CCC1. The molecule has 1 aromatic heterocycles. The Kier molecular flexibility index (Phi) is 6.41. The van der Waals surface area contributed by atoms with Crippen molar-refractivity contribution < 1.29 is 18.8 Å². The monoisotopic (exact) mass is 521 g/mol. The van der Waals surface area contributed by atoms with Gasteiger partial charge in [-0.05, 0) is 73.4 Å². The average Bonchev–Trinajstić information content (AvgIpc) is 3.36. The van der Waals surface area contributed by atoms with Crippen LogP contribution in [0.25, 0.3) is 10.1 Å². The van der Waals surface area contributed by atoms with E-state index >= 15 is 0 Å². The lowest BCUT2D eigenvalue weighted by molar-refractivity contribution is -0.165. The van der Waals surface area contributed by atoms with Crippen LogP contribution in [0.15, 0.2) is 41.8 Å². The summed E-state index contributed by atoms with van der Waals surface area (Å²) in [5.41, 5.74) is 3.38. The van der Waals surface area contributed by atoms with Gasteiger partial charge in [-0.2, -0.15) is 0 Å². The van der Waals surface area contributed by atoms with Crippen molar-refractivity contribution in [3.8, 4) is 0 Å².